The Morgan fingerprint density at radius 3 is 2.14 bits per heavy atom. The van der Waals surface area contributed by atoms with Crippen molar-refractivity contribution in [3.05, 3.63) is 71.3 Å². The Bertz CT molecular complexity index is 798. The average molecular weight is 399 g/mol. The minimum atomic E-state index is -0.874. The highest BCUT2D eigenvalue weighted by atomic mass is 16.6. The first-order chi connectivity index (χ1) is 13.7. The number of hydrogen-bond donors (Lipinski definition) is 2. The quantitative estimate of drug-likeness (QED) is 0.737. The van der Waals surface area contributed by atoms with Gasteiger partial charge in [0.2, 0.25) is 5.91 Å². The summed E-state index contributed by atoms with van der Waals surface area (Å²) >= 11 is 0. The van der Waals surface area contributed by atoms with Gasteiger partial charge < -0.3 is 20.1 Å². The van der Waals surface area contributed by atoms with Gasteiger partial charge in [-0.2, -0.15) is 0 Å². The first-order valence-electron chi connectivity index (χ1n) is 9.61. The summed E-state index contributed by atoms with van der Waals surface area (Å²) in [5.41, 5.74) is 2.13. The monoisotopic (exact) mass is 398 g/mol. The van der Waals surface area contributed by atoms with Crippen LogP contribution >= 0.6 is 0 Å². The van der Waals surface area contributed by atoms with Gasteiger partial charge in [-0.3, -0.25) is 4.79 Å². The number of ether oxygens (including phenoxy) is 2. The summed E-state index contributed by atoms with van der Waals surface area (Å²) in [6, 6.07) is 16.1. The van der Waals surface area contributed by atoms with E-state index >= 15 is 0 Å². The molecule has 0 aromatic heterocycles. The van der Waals surface area contributed by atoms with Crippen molar-refractivity contribution in [2.75, 3.05) is 13.7 Å². The summed E-state index contributed by atoms with van der Waals surface area (Å²) < 4.78 is 10.8. The van der Waals surface area contributed by atoms with Gasteiger partial charge in [0.05, 0.1) is 6.10 Å². The lowest BCUT2D eigenvalue weighted by Gasteiger charge is -2.24. The molecule has 0 aliphatic heterocycles. The molecule has 2 amide bonds. The third-order valence-corrected chi connectivity index (χ3v) is 4.25. The lowest BCUT2D eigenvalue weighted by Crippen LogP contribution is -2.43. The molecule has 6 nitrogen and oxygen atoms in total. The van der Waals surface area contributed by atoms with Gasteiger partial charge in [-0.25, -0.2) is 4.79 Å². The Kier molecular flexibility index (Phi) is 7.79. The van der Waals surface area contributed by atoms with Gasteiger partial charge in [-0.1, -0.05) is 60.2 Å². The topological polar surface area (TPSA) is 76.7 Å². The van der Waals surface area contributed by atoms with Crippen LogP contribution in [0.5, 0.6) is 0 Å². The predicted octanol–water partition coefficient (Wildman–Crippen LogP) is 4.06. The van der Waals surface area contributed by atoms with Crippen molar-refractivity contribution >= 4 is 12.0 Å². The molecule has 2 aromatic carbocycles. The third-order valence-electron chi connectivity index (χ3n) is 4.25. The second-order valence-electron chi connectivity index (χ2n) is 7.87. The van der Waals surface area contributed by atoms with Gasteiger partial charge in [0.25, 0.3) is 0 Å². The molecule has 0 saturated carbocycles. The minimum Gasteiger partial charge on any atom is -0.444 e. The number of hydrogen-bond acceptors (Lipinski definition) is 4. The van der Waals surface area contributed by atoms with E-state index < -0.39 is 17.7 Å². The second kappa shape index (κ2) is 10.1. The Morgan fingerprint density at radius 1 is 0.966 bits per heavy atom. The van der Waals surface area contributed by atoms with E-state index in [4.69, 9.17) is 9.47 Å². The number of methoxy groups -OCH3 is 1. The van der Waals surface area contributed by atoms with Crippen molar-refractivity contribution in [1.29, 1.82) is 0 Å². The molecule has 0 fully saturated rings. The van der Waals surface area contributed by atoms with Crippen LogP contribution in [0.4, 0.5) is 4.79 Å². The van der Waals surface area contributed by atoms with Gasteiger partial charge in [0.15, 0.2) is 0 Å². The number of rotatable bonds is 7. The van der Waals surface area contributed by atoms with Gasteiger partial charge >= 0.3 is 6.09 Å². The molecule has 0 aliphatic carbocycles. The Hall–Kier alpha value is -2.86. The predicted molar refractivity (Wildman–Crippen MR) is 112 cm³/mol. The zero-order valence-corrected chi connectivity index (χ0v) is 17.7. The van der Waals surface area contributed by atoms with E-state index in [2.05, 4.69) is 10.6 Å². The van der Waals surface area contributed by atoms with Gasteiger partial charge in [-0.05, 0) is 38.8 Å². The summed E-state index contributed by atoms with van der Waals surface area (Å²) in [6.07, 6.45) is -0.944. The summed E-state index contributed by atoms with van der Waals surface area (Å²) in [5.74, 6) is -0.337. The first-order valence-corrected chi connectivity index (χ1v) is 9.61. The summed E-state index contributed by atoms with van der Waals surface area (Å²) in [7, 11) is 1.60. The average Bonchev–Trinajstić information content (AvgIpc) is 2.67. The largest absolute Gasteiger partial charge is 0.444 e. The van der Waals surface area contributed by atoms with E-state index in [9.17, 15) is 9.59 Å². The van der Waals surface area contributed by atoms with Crippen molar-refractivity contribution < 1.29 is 19.1 Å². The van der Waals surface area contributed by atoms with E-state index in [1.807, 2.05) is 49.4 Å². The second-order valence-corrected chi connectivity index (χ2v) is 7.87. The van der Waals surface area contributed by atoms with Crippen molar-refractivity contribution in [2.45, 2.75) is 45.4 Å². The Labute approximate surface area is 172 Å². The highest BCUT2D eigenvalue weighted by Crippen LogP contribution is 2.18. The molecule has 2 rings (SSSR count). The van der Waals surface area contributed by atoms with E-state index in [1.54, 1.807) is 40.0 Å². The number of carbonyl (C=O) groups is 2. The molecular weight excluding hydrogens is 368 g/mol. The molecule has 6 heteroatoms. The maximum Gasteiger partial charge on any atom is 0.408 e. The minimum absolute atomic E-state index is 0.276. The first kappa shape index (κ1) is 22.4. The van der Waals surface area contributed by atoms with Crippen LogP contribution in [0.15, 0.2) is 54.6 Å². The number of alkyl carbamates (subject to hydrolysis) is 1. The van der Waals surface area contributed by atoms with Gasteiger partial charge in [-0.15, -0.1) is 0 Å². The Morgan fingerprint density at radius 2 is 1.59 bits per heavy atom. The van der Waals surface area contributed by atoms with Gasteiger partial charge in [0.1, 0.15) is 11.6 Å². The molecule has 0 radical (unpaired) electrons. The molecule has 0 spiro atoms. The molecule has 0 bridgehead atoms. The molecule has 2 N–H and O–H groups in total. The molecule has 156 valence electrons. The number of aryl methyl sites for hydroxylation is 1. The van der Waals surface area contributed by atoms with Crippen LogP contribution in [0.3, 0.4) is 0 Å². The zero-order chi connectivity index (χ0) is 21.4. The fraction of sp³-hybridized carbons (Fsp3) is 0.391. The maximum atomic E-state index is 12.9. The van der Waals surface area contributed by atoms with Crippen LogP contribution in [0.1, 0.15) is 49.6 Å². The number of benzene rings is 2. The molecule has 0 aliphatic rings. The Balaban J connectivity index is 2.10. The fourth-order valence-corrected chi connectivity index (χ4v) is 2.78. The fourth-order valence-electron chi connectivity index (χ4n) is 2.78. The lowest BCUT2D eigenvalue weighted by atomic mass is 10.1. The zero-order valence-electron chi connectivity index (χ0n) is 17.7. The molecule has 2 unspecified atom stereocenters. The number of carbonyl (C=O) groups excluding carboxylic acids is 2. The summed E-state index contributed by atoms with van der Waals surface area (Å²) in [6.45, 7) is 7.61. The molecule has 2 atom stereocenters. The van der Waals surface area contributed by atoms with Crippen LogP contribution in [-0.2, 0) is 14.3 Å². The number of nitrogens with one attached hydrogen (secondary N) is 2. The van der Waals surface area contributed by atoms with E-state index in [0.29, 0.717) is 5.56 Å². The SMILES string of the molecule is COC(CNC(=O)C(NC(=O)OC(C)(C)C)c1ccccc1)c1ccc(C)cc1. The lowest BCUT2D eigenvalue weighted by molar-refractivity contribution is -0.124. The summed E-state index contributed by atoms with van der Waals surface area (Å²) in [4.78, 5) is 25.2. The smallest absolute Gasteiger partial charge is 0.408 e. The van der Waals surface area contributed by atoms with Crippen LogP contribution in [0, 0.1) is 6.92 Å². The summed E-state index contributed by atoms with van der Waals surface area (Å²) in [5, 5.41) is 5.54. The van der Waals surface area contributed by atoms with Crippen LogP contribution in [-0.4, -0.2) is 31.3 Å². The molecule has 29 heavy (non-hydrogen) atoms. The maximum absolute atomic E-state index is 12.9. The van der Waals surface area contributed by atoms with Gasteiger partial charge in [0, 0.05) is 13.7 Å². The third kappa shape index (κ3) is 7.23. The van der Waals surface area contributed by atoms with Crippen LogP contribution in [0.25, 0.3) is 0 Å². The van der Waals surface area contributed by atoms with E-state index in [0.717, 1.165) is 11.1 Å². The van der Waals surface area contributed by atoms with Crippen molar-refractivity contribution in [3.8, 4) is 0 Å². The number of amides is 2. The molecular formula is C23H30N2O4. The normalized spacial score (nSPS) is 13.3. The van der Waals surface area contributed by atoms with E-state index in [-0.39, 0.29) is 18.6 Å². The molecule has 0 heterocycles. The van der Waals surface area contributed by atoms with Crippen molar-refractivity contribution in [2.24, 2.45) is 0 Å². The van der Waals surface area contributed by atoms with Crippen molar-refractivity contribution in [1.82, 2.24) is 10.6 Å². The molecule has 2 aromatic rings. The van der Waals surface area contributed by atoms with Crippen LogP contribution in [0.2, 0.25) is 0 Å². The highest BCUT2D eigenvalue weighted by molar-refractivity contribution is 5.87. The van der Waals surface area contributed by atoms with E-state index in [1.165, 1.54) is 0 Å². The standard InChI is InChI=1S/C23H30N2O4/c1-16-11-13-17(14-12-16)19(28-5)15-24-21(26)20(18-9-7-6-8-10-18)25-22(27)29-23(2,3)4/h6-14,19-20H,15H2,1-5H3,(H,24,26)(H,25,27). The van der Waals surface area contributed by atoms with Crippen molar-refractivity contribution in [3.63, 3.8) is 0 Å². The van der Waals surface area contributed by atoms with Crippen LogP contribution < -0.4 is 10.6 Å². The highest BCUT2D eigenvalue weighted by Gasteiger charge is 2.26. The molecule has 0 saturated heterocycles.